The van der Waals surface area contributed by atoms with Gasteiger partial charge in [-0.1, -0.05) is 6.08 Å². The molecule has 0 bridgehead atoms. The van der Waals surface area contributed by atoms with Gasteiger partial charge in [-0.2, -0.15) is 0 Å². The highest BCUT2D eigenvalue weighted by Crippen LogP contribution is 1.89. The van der Waals surface area contributed by atoms with Gasteiger partial charge < -0.3 is 9.22 Å². The molecule has 0 heterocycles. The Labute approximate surface area is 63.7 Å². The van der Waals surface area contributed by atoms with Crippen LogP contribution in [0.2, 0.25) is 0 Å². The number of quaternary nitrogens is 1. The van der Waals surface area contributed by atoms with Gasteiger partial charge in [-0.15, -0.1) is 0 Å². The maximum absolute atomic E-state index is 5.16. The highest BCUT2D eigenvalue weighted by molar-refractivity contribution is 4.64. The van der Waals surface area contributed by atoms with Crippen LogP contribution in [0.4, 0.5) is 0 Å². The first-order chi connectivity index (χ1) is 4.56. The first kappa shape index (κ1) is 9.50. The van der Waals surface area contributed by atoms with Crippen molar-refractivity contribution in [1.82, 2.24) is 0 Å². The summed E-state index contributed by atoms with van der Waals surface area (Å²) < 4.78 is 6.12. The SMILES string of the molecule is CC=COCC[N+](C)(C)C. The average Bonchev–Trinajstić information content (AvgIpc) is 1.78. The van der Waals surface area contributed by atoms with Gasteiger partial charge in [-0.25, -0.2) is 0 Å². The lowest BCUT2D eigenvalue weighted by Crippen LogP contribution is -2.37. The lowest BCUT2D eigenvalue weighted by molar-refractivity contribution is -0.870. The van der Waals surface area contributed by atoms with Gasteiger partial charge in [0.2, 0.25) is 0 Å². The normalized spacial score (nSPS) is 12.4. The lowest BCUT2D eigenvalue weighted by atomic mass is 10.5. The van der Waals surface area contributed by atoms with E-state index in [0.29, 0.717) is 0 Å². The van der Waals surface area contributed by atoms with E-state index in [1.54, 1.807) is 6.26 Å². The van der Waals surface area contributed by atoms with E-state index in [9.17, 15) is 0 Å². The molecule has 0 unspecified atom stereocenters. The van der Waals surface area contributed by atoms with Crippen molar-refractivity contribution >= 4 is 0 Å². The van der Waals surface area contributed by atoms with Crippen molar-refractivity contribution in [1.29, 1.82) is 0 Å². The molecule has 0 aliphatic rings. The molecule has 2 heteroatoms. The van der Waals surface area contributed by atoms with Crippen molar-refractivity contribution in [2.45, 2.75) is 6.92 Å². The fraction of sp³-hybridized carbons (Fsp3) is 0.750. The first-order valence-corrected chi connectivity index (χ1v) is 3.59. The molecule has 0 radical (unpaired) electrons. The second kappa shape index (κ2) is 4.34. The quantitative estimate of drug-likeness (QED) is 0.328. The number of rotatable bonds is 4. The molecule has 60 valence electrons. The van der Waals surface area contributed by atoms with Crippen molar-refractivity contribution in [2.24, 2.45) is 0 Å². The Hall–Kier alpha value is -0.500. The van der Waals surface area contributed by atoms with E-state index in [1.165, 1.54) is 0 Å². The molecule has 2 nitrogen and oxygen atoms in total. The molecule has 0 aromatic heterocycles. The smallest absolute Gasteiger partial charge is 0.136 e. The summed E-state index contributed by atoms with van der Waals surface area (Å²) >= 11 is 0. The van der Waals surface area contributed by atoms with Gasteiger partial charge in [0, 0.05) is 0 Å². The molecular weight excluding hydrogens is 126 g/mol. The Morgan fingerprint density at radius 3 is 2.30 bits per heavy atom. The summed E-state index contributed by atoms with van der Waals surface area (Å²) in [4.78, 5) is 0. The Morgan fingerprint density at radius 1 is 1.30 bits per heavy atom. The van der Waals surface area contributed by atoms with E-state index >= 15 is 0 Å². The van der Waals surface area contributed by atoms with Gasteiger partial charge in [-0.05, 0) is 6.92 Å². The van der Waals surface area contributed by atoms with Gasteiger partial charge in [0.25, 0.3) is 0 Å². The van der Waals surface area contributed by atoms with E-state index < -0.39 is 0 Å². The van der Waals surface area contributed by atoms with Gasteiger partial charge >= 0.3 is 0 Å². The second-order valence-corrected chi connectivity index (χ2v) is 3.35. The molecule has 0 saturated carbocycles. The third-order valence-corrected chi connectivity index (χ3v) is 1.11. The van der Waals surface area contributed by atoms with Crippen molar-refractivity contribution in [3.05, 3.63) is 12.3 Å². The maximum Gasteiger partial charge on any atom is 0.136 e. The molecule has 10 heavy (non-hydrogen) atoms. The molecule has 0 aromatic rings. The minimum Gasteiger partial charge on any atom is -0.496 e. The zero-order valence-corrected chi connectivity index (χ0v) is 7.42. The summed E-state index contributed by atoms with van der Waals surface area (Å²) in [7, 11) is 6.46. The molecule has 0 aliphatic heterocycles. The number of allylic oxidation sites excluding steroid dienone is 1. The molecule has 0 amide bonds. The minimum absolute atomic E-state index is 0.799. The van der Waals surface area contributed by atoms with Crippen LogP contribution < -0.4 is 0 Å². The fourth-order valence-corrected chi connectivity index (χ4v) is 0.491. The molecular formula is C8H18NO+. The zero-order chi connectivity index (χ0) is 8.04. The summed E-state index contributed by atoms with van der Waals surface area (Å²) in [5, 5.41) is 0. The van der Waals surface area contributed by atoms with Crippen LogP contribution in [0.15, 0.2) is 12.3 Å². The Balaban J connectivity index is 3.20. The Morgan fingerprint density at radius 2 is 1.90 bits per heavy atom. The lowest BCUT2D eigenvalue weighted by Gasteiger charge is -2.22. The van der Waals surface area contributed by atoms with Crippen LogP contribution >= 0.6 is 0 Å². The average molecular weight is 144 g/mol. The highest BCUT2D eigenvalue weighted by Gasteiger charge is 2.04. The molecule has 0 aliphatic carbocycles. The fourth-order valence-electron chi connectivity index (χ4n) is 0.491. The molecule has 0 spiro atoms. The number of ether oxygens (including phenoxy) is 1. The van der Waals surface area contributed by atoms with E-state index in [-0.39, 0.29) is 0 Å². The van der Waals surface area contributed by atoms with Crippen LogP contribution in [0.1, 0.15) is 6.92 Å². The van der Waals surface area contributed by atoms with Crippen LogP contribution in [0.25, 0.3) is 0 Å². The summed E-state index contributed by atoms with van der Waals surface area (Å²) in [6.07, 6.45) is 3.63. The topological polar surface area (TPSA) is 9.23 Å². The predicted molar refractivity (Wildman–Crippen MR) is 43.7 cm³/mol. The molecule has 0 aromatic carbocycles. The van der Waals surface area contributed by atoms with Crippen molar-refractivity contribution in [3.8, 4) is 0 Å². The third kappa shape index (κ3) is 7.50. The van der Waals surface area contributed by atoms with E-state index in [0.717, 1.165) is 17.6 Å². The molecule has 0 fully saturated rings. The van der Waals surface area contributed by atoms with E-state index in [1.807, 2.05) is 13.0 Å². The number of nitrogens with zero attached hydrogens (tertiary/aromatic N) is 1. The third-order valence-electron chi connectivity index (χ3n) is 1.11. The van der Waals surface area contributed by atoms with Gasteiger partial charge in [0.05, 0.1) is 27.4 Å². The van der Waals surface area contributed by atoms with Crippen molar-refractivity contribution < 1.29 is 9.22 Å². The zero-order valence-electron chi connectivity index (χ0n) is 7.42. The second-order valence-electron chi connectivity index (χ2n) is 3.35. The highest BCUT2D eigenvalue weighted by atomic mass is 16.5. The maximum atomic E-state index is 5.16. The summed E-state index contributed by atoms with van der Waals surface area (Å²) in [5.74, 6) is 0. The van der Waals surface area contributed by atoms with E-state index in [4.69, 9.17) is 4.74 Å². The first-order valence-electron chi connectivity index (χ1n) is 3.59. The molecule has 0 saturated heterocycles. The summed E-state index contributed by atoms with van der Waals surface area (Å²) in [6, 6.07) is 0. The van der Waals surface area contributed by atoms with Crippen LogP contribution in [-0.2, 0) is 4.74 Å². The number of likely N-dealkylation sites (N-methyl/N-ethyl adjacent to an activating group) is 1. The monoisotopic (exact) mass is 144 g/mol. The Bertz CT molecular complexity index is 102. The predicted octanol–water partition coefficient (Wildman–Crippen LogP) is 1.24. The van der Waals surface area contributed by atoms with Crippen molar-refractivity contribution in [2.75, 3.05) is 34.3 Å². The van der Waals surface area contributed by atoms with Crippen LogP contribution in [0.5, 0.6) is 0 Å². The number of hydrogen-bond acceptors (Lipinski definition) is 1. The van der Waals surface area contributed by atoms with Crippen LogP contribution in [0, 0.1) is 0 Å². The van der Waals surface area contributed by atoms with Gasteiger partial charge in [0.15, 0.2) is 0 Å². The minimum atomic E-state index is 0.799. The summed E-state index contributed by atoms with van der Waals surface area (Å²) in [6.45, 7) is 3.80. The summed E-state index contributed by atoms with van der Waals surface area (Å²) in [5.41, 5.74) is 0. The van der Waals surface area contributed by atoms with Gasteiger partial charge in [-0.3, -0.25) is 0 Å². The van der Waals surface area contributed by atoms with E-state index in [2.05, 4.69) is 21.1 Å². The molecule has 0 N–H and O–H groups in total. The molecule has 0 atom stereocenters. The molecule has 0 rings (SSSR count). The van der Waals surface area contributed by atoms with Crippen LogP contribution in [0.3, 0.4) is 0 Å². The number of hydrogen-bond donors (Lipinski definition) is 0. The van der Waals surface area contributed by atoms with Gasteiger partial charge in [0.1, 0.15) is 13.2 Å². The standard InChI is InChI=1S/C8H18NO/c1-5-7-10-8-6-9(2,3)4/h5,7H,6,8H2,1-4H3/q+1. The largest absolute Gasteiger partial charge is 0.496 e. The van der Waals surface area contributed by atoms with Crippen molar-refractivity contribution in [3.63, 3.8) is 0 Å². The van der Waals surface area contributed by atoms with Crippen LogP contribution in [-0.4, -0.2) is 38.8 Å². The Kier molecular flexibility index (Phi) is 4.12.